The lowest BCUT2D eigenvalue weighted by Crippen LogP contribution is -2.27. The first-order valence-electron chi connectivity index (χ1n) is 5.31. The maximum Gasteiger partial charge on any atom is 0.228 e. The fraction of sp³-hybridized carbons (Fsp3) is 0.800. The van der Waals surface area contributed by atoms with E-state index in [2.05, 4.69) is 36.2 Å². The van der Waals surface area contributed by atoms with Gasteiger partial charge in [-0.25, -0.2) is 0 Å². The van der Waals surface area contributed by atoms with Crippen molar-refractivity contribution in [2.24, 2.45) is 0 Å². The molecule has 0 saturated heterocycles. The molecule has 0 aliphatic rings. The first kappa shape index (κ1) is 11.2. The van der Waals surface area contributed by atoms with Crippen LogP contribution in [0.4, 0.5) is 0 Å². The fourth-order valence-electron chi connectivity index (χ4n) is 1.38. The number of nitrogens with one attached hydrogen (secondary N) is 1. The van der Waals surface area contributed by atoms with E-state index in [9.17, 15) is 0 Å². The maximum atomic E-state index is 5.13. The van der Waals surface area contributed by atoms with Crippen LogP contribution in [0.1, 0.15) is 38.9 Å². The van der Waals surface area contributed by atoms with E-state index in [-0.39, 0.29) is 0 Å². The molecule has 0 radical (unpaired) electrons. The molecule has 1 unspecified atom stereocenters. The highest BCUT2D eigenvalue weighted by molar-refractivity contribution is 4.88. The highest BCUT2D eigenvalue weighted by atomic mass is 16.5. The van der Waals surface area contributed by atoms with Crippen LogP contribution in [0, 0.1) is 0 Å². The second-order valence-electron chi connectivity index (χ2n) is 3.52. The third-order valence-electron chi connectivity index (χ3n) is 2.02. The van der Waals surface area contributed by atoms with E-state index in [0.717, 1.165) is 37.5 Å². The Balaban J connectivity index is 2.42. The van der Waals surface area contributed by atoms with E-state index in [4.69, 9.17) is 4.52 Å². The van der Waals surface area contributed by atoms with Crippen LogP contribution in [0.3, 0.4) is 0 Å². The molecule has 0 bridgehead atoms. The van der Waals surface area contributed by atoms with Crippen molar-refractivity contribution in [3.05, 3.63) is 11.7 Å². The van der Waals surface area contributed by atoms with Crippen molar-refractivity contribution < 1.29 is 4.52 Å². The Kier molecular flexibility index (Phi) is 4.59. The van der Waals surface area contributed by atoms with Crippen molar-refractivity contribution in [2.45, 2.75) is 46.1 Å². The summed E-state index contributed by atoms with van der Waals surface area (Å²) in [5.74, 6) is 1.56. The summed E-state index contributed by atoms with van der Waals surface area (Å²) in [6.07, 6.45) is 2.77. The van der Waals surface area contributed by atoms with Gasteiger partial charge in [0.2, 0.25) is 5.89 Å². The van der Waals surface area contributed by atoms with Crippen LogP contribution in [0.15, 0.2) is 4.52 Å². The molecule has 1 rings (SSSR count). The van der Waals surface area contributed by atoms with Gasteiger partial charge in [0, 0.05) is 18.9 Å². The van der Waals surface area contributed by atoms with E-state index in [0.29, 0.717) is 6.04 Å². The zero-order valence-electron chi connectivity index (χ0n) is 9.21. The Hall–Kier alpha value is -0.900. The molecule has 0 saturated carbocycles. The van der Waals surface area contributed by atoms with Crippen LogP contribution < -0.4 is 5.32 Å². The van der Waals surface area contributed by atoms with Gasteiger partial charge in [0.1, 0.15) is 0 Å². The SMILES string of the molecule is CCCc1noc(CC(C)NCC)n1. The Labute approximate surface area is 85.1 Å². The van der Waals surface area contributed by atoms with Gasteiger partial charge in [-0.1, -0.05) is 19.0 Å². The zero-order valence-corrected chi connectivity index (χ0v) is 9.21. The van der Waals surface area contributed by atoms with Crippen molar-refractivity contribution in [3.8, 4) is 0 Å². The minimum atomic E-state index is 0.398. The molecule has 0 amide bonds. The molecule has 0 aliphatic carbocycles. The standard InChI is InChI=1S/C10H19N3O/c1-4-6-9-12-10(14-13-9)7-8(3)11-5-2/h8,11H,4-7H2,1-3H3. The van der Waals surface area contributed by atoms with Crippen LogP contribution in [0.25, 0.3) is 0 Å². The molecule has 14 heavy (non-hydrogen) atoms. The normalized spacial score (nSPS) is 13.1. The fourth-order valence-corrected chi connectivity index (χ4v) is 1.38. The summed E-state index contributed by atoms with van der Waals surface area (Å²) in [4.78, 5) is 4.30. The average molecular weight is 197 g/mol. The average Bonchev–Trinajstić information content (AvgIpc) is 2.53. The number of rotatable bonds is 6. The molecule has 1 aromatic rings. The summed E-state index contributed by atoms with van der Waals surface area (Å²) in [6, 6.07) is 0.398. The molecule has 1 N–H and O–H groups in total. The van der Waals surface area contributed by atoms with Gasteiger partial charge in [0.25, 0.3) is 0 Å². The molecule has 1 atom stereocenters. The van der Waals surface area contributed by atoms with Crippen molar-refractivity contribution in [1.82, 2.24) is 15.5 Å². The van der Waals surface area contributed by atoms with Crippen LogP contribution >= 0.6 is 0 Å². The van der Waals surface area contributed by atoms with Crippen LogP contribution in [0.5, 0.6) is 0 Å². The smallest absolute Gasteiger partial charge is 0.228 e. The molecule has 0 fully saturated rings. The van der Waals surface area contributed by atoms with Crippen LogP contribution in [-0.2, 0) is 12.8 Å². The van der Waals surface area contributed by atoms with Gasteiger partial charge in [-0.2, -0.15) is 4.98 Å². The van der Waals surface area contributed by atoms with Crippen molar-refractivity contribution >= 4 is 0 Å². The van der Waals surface area contributed by atoms with Gasteiger partial charge in [-0.3, -0.25) is 0 Å². The molecule has 0 aliphatic heterocycles. The first-order chi connectivity index (χ1) is 6.76. The van der Waals surface area contributed by atoms with Gasteiger partial charge < -0.3 is 9.84 Å². The summed E-state index contributed by atoms with van der Waals surface area (Å²) in [5, 5.41) is 7.21. The second-order valence-corrected chi connectivity index (χ2v) is 3.52. The van der Waals surface area contributed by atoms with Gasteiger partial charge >= 0.3 is 0 Å². The summed E-state index contributed by atoms with van der Waals surface area (Å²) in [7, 11) is 0. The molecule has 80 valence electrons. The van der Waals surface area contributed by atoms with Crippen molar-refractivity contribution in [2.75, 3.05) is 6.54 Å². The topological polar surface area (TPSA) is 51.0 Å². The highest BCUT2D eigenvalue weighted by Crippen LogP contribution is 2.02. The van der Waals surface area contributed by atoms with E-state index >= 15 is 0 Å². The molecule has 1 aromatic heterocycles. The Morgan fingerprint density at radius 2 is 2.21 bits per heavy atom. The largest absolute Gasteiger partial charge is 0.339 e. The second kappa shape index (κ2) is 5.75. The molecule has 4 nitrogen and oxygen atoms in total. The number of aromatic nitrogens is 2. The summed E-state index contributed by atoms with van der Waals surface area (Å²) in [6.45, 7) is 7.29. The van der Waals surface area contributed by atoms with E-state index in [1.807, 2.05) is 0 Å². The minimum Gasteiger partial charge on any atom is -0.339 e. The highest BCUT2D eigenvalue weighted by Gasteiger charge is 2.09. The molecule has 0 spiro atoms. The Bertz CT molecular complexity index is 260. The predicted octanol–water partition coefficient (Wildman–Crippen LogP) is 1.56. The molecule has 1 heterocycles. The first-order valence-corrected chi connectivity index (χ1v) is 5.31. The molecular formula is C10H19N3O. The van der Waals surface area contributed by atoms with Gasteiger partial charge in [-0.15, -0.1) is 0 Å². The number of hydrogen-bond donors (Lipinski definition) is 1. The third-order valence-corrected chi connectivity index (χ3v) is 2.02. The van der Waals surface area contributed by atoms with E-state index in [1.165, 1.54) is 0 Å². The number of hydrogen-bond acceptors (Lipinski definition) is 4. The minimum absolute atomic E-state index is 0.398. The van der Waals surface area contributed by atoms with Crippen LogP contribution in [-0.4, -0.2) is 22.7 Å². The maximum absolute atomic E-state index is 5.13. The monoisotopic (exact) mass is 197 g/mol. The van der Waals surface area contributed by atoms with Gasteiger partial charge in [0.05, 0.1) is 0 Å². The Morgan fingerprint density at radius 1 is 1.43 bits per heavy atom. The van der Waals surface area contributed by atoms with E-state index < -0.39 is 0 Å². The van der Waals surface area contributed by atoms with Crippen LogP contribution in [0.2, 0.25) is 0 Å². The quantitative estimate of drug-likeness (QED) is 0.752. The summed E-state index contributed by atoms with van der Waals surface area (Å²) in [5.41, 5.74) is 0. The molecule has 4 heteroatoms. The lowest BCUT2D eigenvalue weighted by molar-refractivity contribution is 0.358. The number of likely N-dealkylation sites (N-methyl/N-ethyl adjacent to an activating group) is 1. The number of aryl methyl sites for hydroxylation is 1. The molecule has 0 aromatic carbocycles. The third kappa shape index (κ3) is 3.46. The van der Waals surface area contributed by atoms with E-state index in [1.54, 1.807) is 0 Å². The predicted molar refractivity (Wildman–Crippen MR) is 55.1 cm³/mol. The summed E-state index contributed by atoms with van der Waals surface area (Å²) < 4.78 is 5.13. The van der Waals surface area contributed by atoms with Gasteiger partial charge in [-0.05, 0) is 19.9 Å². The van der Waals surface area contributed by atoms with Gasteiger partial charge in [0.15, 0.2) is 5.82 Å². The lowest BCUT2D eigenvalue weighted by Gasteiger charge is -2.07. The van der Waals surface area contributed by atoms with Crippen molar-refractivity contribution in [1.29, 1.82) is 0 Å². The van der Waals surface area contributed by atoms with Crippen molar-refractivity contribution in [3.63, 3.8) is 0 Å². The summed E-state index contributed by atoms with van der Waals surface area (Å²) >= 11 is 0. The zero-order chi connectivity index (χ0) is 10.4. The lowest BCUT2D eigenvalue weighted by atomic mass is 10.2. The Morgan fingerprint density at radius 3 is 2.86 bits per heavy atom. The molecular weight excluding hydrogens is 178 g/mol. The number of nitrogens with zero attached hydrogens (tertiary/aromatic N) is 2.